The molecule has 3 heterocycles. The molecule has 1 aromatic carbocycles. The maximum Gasteiger partial charge on any atom is 0.271 e. The fraction of sp³-hybridized carbons (Fsp3) is 0.211. The number of rotatable bonds is 5. The summed E-state index contributed by atoms with van der Waals surface area (Å²) in [6.07, 6.45) is 3.30. The van der Waals surface area contributed by atoms with Crippen molar-refractivity contribution in [3.8, 4) is 0 Å². The third-order valence-electron chi connectivity index (χ3n) is 4.46. The highest BCUT2D eigenvalue weighted by Crippen LogP contribution is 2.25. The first kappa shape index (κ1) is 17.4. The van der Waals surface area contributed by atoms with Crippen molar-refractivity contribution in [3.05, 3.63) is 63.7 Å². The zero-order chi connectivity index (χ0) is 19.0. The monoisotopic (exact) mass is 382 g/mol. The minimum Gasteiger partial charge on any atom is -0.383 e. The molecule has 0 unspecified atom stereocenters. The second-order valence-corrected chi connectivity index (χ2v) is 7.00. The number of carbonyl (C=O) groups excluding carboxylic acids is 1. The summed E-state index contributed by atoms with van der Waals surface area (Å²) >= 11 is 1.37. The Hall–Kier alpha value is -2.97. The molecule has 8 heteroatoms. The van der Waals surface area contributed by atoms with E-state index in [9.17, 15) is 9.59 Å². The normalized spacial score (nSPS) is 11.3. The van der Waals surface area contributed by atoms with Gasteiger partial charge in [-0.25, -0.2) is 4.98 Å². The van der Waals surface area contributed by atoms with Crippen molar-refractivity contribution in [1.29, 1.82) is 0 Å². The van der Waals surface area contributed by atoms with Gasteiger partial charge in [0.1, 0.15) is 5.56 Å². The van der Waals surface area contributed by atoms with Gasteiger partial charge in [-0.15, -0.1) is 11.3 Å². The minimum absolute atomic E-state index is 0.0184. The molecule has 7 nitrogen and oxygen atoms in total. The molecule has 0 aliphatic carbocycles. The van der Waals surface area contributed by atoms with Crippen LogP contribution in [-0.2, 0) is 11.3 Å². The Morgan fingerprint density at radius 3 is 3.00 bits per heavy atom. The Labute approximate surface area is 158 Å². The lowest BCUT2D eigenvalue weighted by Crippen LogP contribution is -2.26. The first-order chi connectivity index (χ1) is 13.1. The summed E-state index contributed by atoms with van der Waals surface area (Å²) in [5.41, 5.74) is 2.06. The van der Waals surface area contributed by atoms with Gasteiger partial charge in [-0.1, -0.05) is 6.07 Å². The quantitative estimate of drug-likeness (QED) is 0.576. The standard InChI is InChI=1S/C19H18N4O3S/c1-12-11-27-19-20-10-14(18(25)23(12)19)17(24)21-15-4-3-5-16-13(15)6-7-22(16)8-9-26-2/h3-7,10-11H,8-9H2,1-2H3,(H,21,24). The summed E-state index contributed by atoms with van der Waals surface area (Å²) in [5, 5.41) is 5.60. The van der Waals surface area contributed by atoms with Crippen LogP contribution >= 0.6 is 11.3 Å². The Balaban J connectivity index is 1.69. The molecule has 0 fully saturated rings. The molecular formula is C19H18N4O3S. The molecule has 4 aromatic rings. The van der Waals surface area contributed by atoms with Gasteiger partial charge in [0.15, 0.2) is 4.96 Å². The molecule has 138 valence electrons. The lowest BCUT2D eigenvalue weighted by Gasteiger charge is -2.08. The Bertz CT molecular complexity index is 1200. The Kier molecular flexibility index (Phi) is 4.51. The third kappa shape index (κ3) is 3.02. The molecule has 0 bridgehead atoms. The van der Waals surface area contributed by atoms with Crippen molar-refractivity contribution in [1.82, 2.24) is 14.0 Å². The van der Waals surface area contributed by atoms with Crippen molar-refractivity contribution >= 4 is 38.8 Å². The minimum atomic E-state index is -0.468. The van der Waals surface area contributed by atoms with E-state index in [0.29, 0.717) is 17.3 Å². The number of aryl methyl sites for hydroxylation is 1. The van der Waals surface area contributed by atoms with Crippen LogP contribution in [0.3, 0.4) is 0 Å². The smallest absolute Gasteiger partial charge is 0.271 e. The highest BCUT2D eigenvalue weighted by atomic mass is 32.1. The van der Waals surface area contributed by atoms with Crippen LogP contribution in [0, 0.1) is 6.92 Å². The van der Waals surface area contributed by atoms with Crippen LogP contribution in [0.15, 0.2) is 46.8 Å². The third-order valence-corrected chi connectivity index (χ3v) is 5.42. The van der Waals surface area contributed by atoms with E-state index in [1.807, 2.05) is 42.8 Å². The van der Waals surface area contributed by atoms with Crippen molar-refractivity contribution < 1.29 is 9.53 Å². The van der Waals surface area contributed by atoms with Gasteiger partial charge in [0.2, 0.25) is 0 Å². The number of aromatic nitrogens is 3. The SMILES string of the molecule is COCCn1ccc2c(NC(=O)c3cnc4scc(C)n4c3=O)cccc21. The van der Waals surface area contributed by atoms with Gasteiger partial charge < -0.3 is 14.6 Å². The van der Waals surface area contributed by atoms with Gasteiger partial charge >= 0.3 is 0 Å². The molecule has 0 aliphatic rings. The van der Waals surface area contributed by atoms with Crippen molar-refractivity contribution in [2.45, 2.75) is 13.5 Å². The maximum absolute atomic E-state index is 12.7. The van der Waals surface area contributed by atoms with Crippen LogP contribution in [0.2, 0.25) is 0 Å². The summed E-state index contributed by atoms with van der Waals surface area (Å²) < 4.78 is 8.66. The van der Waals surface area contributed by atoms with E-state index in [4.69, 9.17) is 4.74 Å². The van der Waals surface area contributed by atoms with Crippen molar-refractivity contribution in [2.24, 2.45) is 0 Å². The van der Waals surface area contributed by atoms with Crippen LogP contribution in [0.5, 0.6) is 0 Å². The molecule has 1 N–H and O–H groups in total. The number of thiazole rings is 1. The summed E-state index contributed by atoms with van der Waals surface area (Å²) in [4.78, 5) is 30.2. The number of amides is 1. The van der Waals surface area contributed by atoms with Crippen LogP contribution in [0.25, 0.3) is 15.9 Å². The number of ether oxygens (including phenoxy) is 1. The number of hydrogen-bond donors (Lipinski definition) is 1. The van der Waals surface area contributed by atoms with Gasteiger partial charge in [-0.05, 0) is 25.1 Å². The topological polar surface area (TPSA) is 77.6 Å². The number of carbonyl (C=O) groups is 1. The predicted molar refractivity (Wildman–Crippen MR) is 106 cm³/mol. The molecule has 3 aromatic heterocycles. The average molecular weight is 382 g/mol. The number of anilines is 1. The number of nitrogens with one attached hydrogen (secondary N) is 1. The summed E-state index contributed by atoms with van der Waals surface area (Å²) in [6, 6.07) is 7.62. The summed E-state index contributed by atoms with van der Waals surface area (Å²) in [7, 11) is 1.66. The van der Waals surface area contributed by atoms with Gasteiger partial charge in [-0.3, -0.25) is 14.0 Å². The molecule has 0 saturated heterocycles. The van der Waals surface area contributed by atoms with E-state index in [1.165, 1.54) is 21.9 Å². The number of hydrogen-bond acceptors (Lipinski definition) is 5. The number of nitrogens with zero attached hydrogens (tertiary/aromatic N) is 3. The van der Waals surface area contributed by atoms with Crippen molar-refractivity contribution in [3.63, 3.8) is 0 Å². The molecule has 27 heavy (non-hydrogen) atoms. The zero-order valence-corrected chi connectivity index (χ0v) is 15.7. The molecule has 0 aliphatic heterocycles. The summed E-state index contributed by atoms with van der Waals surface area (Å²) in [5.74, 6) is -0.468. The first-order valence-electron chi connectivity index (χ1n) is 8.44. The highest BCUT2D eigenvalue weighted by molar-refractivity contribution is 7.15. The Morgan fingerprint density at radius 1 is 1.33 bits per heavy atom. The Morgan fingerprint density at radius 2 is 2.19 bits per heavy atom. The first-order valence-corrected chi connectivity index (χ1v) is 9.32. The lowest BCUT2D eigenvalue weighted by atomic mass is 10.2. The van der Waals surface area contributed by atoms with Gasteiger partial charge in [0.05, 0.1) is 17.8 Å². The summed E-state index contributed by atoms with van der Waals surface area (Å²) in [6.45, 7) is 3.14. The van der Waals surface area contributed by atoms with Crippen molar-refractivity contribution in [2.75, 3.05) is 19.0 Å². The van der Waals surface area contributed by atoms with Gasteiger partial charge in [0.25, 0.3) is 11.5 Å². The van der Waals surface area contributed by atoms with E-state index in [2.05, 4.69) is 14.9 Å². The predicted octanol–water partition coefficient (Wildman–Crippen LogP) is 2.92. The van der Waals surface area contributed by atoms with Gasteiger partial charge in [-0.2, -0.15) is 0 Å². The van der Waals surface area contributed by atoms with Gasteiger partial charge in [0, 0.05) is 42.5 Å². The molecule has 0 saturated carbocycles. The van der Waals surface area contributed by atoms with E-state index in [-0.39, 0.29) is 11.1 Å². The molecule has 0 spiro atoms. The molecule has 4 rings (SSSR count). The van der Waals surface area contributed by atoms with E-state index >= 15 is 0 Å². The molecular weight excluding hydrogens is 364 g/mol. The van der Waals surface area contributed by atoms with E-state index < -0.39 is 5.91 Å². The molecule has 0 atom stereocenters. The zero-order valence-electron chi connectivity index (χ0n) is 14.9. The van der Waals surface area contributed by atoms with Crippen LogP contribution < -0.4 is 10.9 Å². The largest absolute Gasteiger partial charge is 0.383 e. The second kappa shape index (κ2) is 6.98. The van der Waals surface area contributed by atoms with Crippen LogP contribution in [0.1, 0.15) is 16.1 Å². The fourth-order valence-corrected chi connectivity index (χ4v) is 3.91. The number of methoxy groups -OCH3 is 1. The highest BCUT2D eigenvalue weighted by Gasteiger charge is 2.16. The molecule has 1 amide bonds. The van der Waals surface area contributed by atoms with E-state index in [1.54, 1.807) is 7.11 Å². The number of benzene rings is 1. The second-order valence-electron chi connectivity index (χ2n) is 6.17. The molecule has 0 radical (unpaired) electrons. The lowest BCUT2D eigenvalue weighted by molar-refractivity contribution is 0.102. The van der Waals surface area contributed by atoms with Crippen LogP contribution in [0.4, 0.5) is 5.69 Å². The fourth-order valence-electron chi connectivity index (χ4n) is 3.09. The van der Waals surface area contributed by atoms with E-state index in [0.717, 1.165) is 23.1 Å². The number of fused-ring (bicyclic) bond motifs is 2. The maximum atomic E-state index is 12.7. The average Bonchev–Trinajstić information content (AvgIpc) is 3.25. The van der Waals surface area contributed by atoms with Crippen LogP contribution in [-0.4, -0.2) is 33.6 Å².